The van der Waals surface area contributed by atoms with E-state index in [0.29, 0.717) is 16.9 Å². The highest BCUT2D eigenvalue weighted by molar-refractivity contribution is 14.1. The molecule has 0 spiro atoms. The lowest BCUT2D eigenvalue weighted by Gasteiger charge is -2.18. The van der Waals surface area contributed by atoms with Crippen molar-refractivity contribution in [1.29, 1.82) is 5.26 Å². The van der Waals surface area contributed by atoms with E-state index in [1.807, 2.05) is 24.3 Å². The van der Waals surface area contributed by atoms with Crippen LogP contribution >= 0.6 is 34.4 Å². The number of nitrogens with one attached hydrogen (secondary N) is 1. The Morgan fingerprint density at radius 3 is 2.58 bits per heavy atom. The van der Waals surface area contributed by atoms with Crippen LogP contribution in [0.25, 0.3) is 0 Å². The number of carbonyl (C=O) groups excluding carboxylic acids is 2. The third-order valence-corrected chi connectivity index (χ3v) is 5.90. The number of primary amides is 1. The van der Waals surface area contributed by atoms with Gasteiger partial charge in [-0.2, -0.15) is 17.0 Å². The molecule has 0 aliphatic rings. The molecule has 0 aliphatic heterocycles. The molecule has 134 valence electrons. The van der Waals surface area contributed by atoms with Gasteiger partial charge in [0.2, 0.25) is 11.8 Å². The molecule has 1 unspecified atom stereocenters. The van der Waals surface area contributed by atoms with Gasteiger partial charge < -0.3 is 11.1 Å². The molecule has 0 aliphatic carbocycles. The summed E-state index contributed by atoms with van der Waals surface area (Å²) in [4.78, 5) is 24.3. The highest BCUT2D eigenvalue weighted by Crippen LogP contribution is 2.27. The Kier molecular flexibility index (Phi) is 7.94. The fraction of sp³-hybridized carbons (Fsp3) is 0.211. The highest BCUT2D eigenvalue weighted by Gasteiger charge is 2.24. The molecule has 2 rings (SSSR count). The second-order valence-electron chi connectivity index (χ2n) is 5.49. The largest absolute Gasteiger partial charge is 0.366 e. The number of hydrogen-bond donors (Lipinski definition) is 2. The van der Waals surface area contributed by atoms with Crippen molar-refractivity contribution >= 4 is 46.2 Å². The SMILES string of the molecule is N#CCNC(=O)C(CSCc1ccccc1I)c1ccccc1C(N)=O. The fourth-order valence-corrected chi connectivity index (χ4v) is 4.48. The quantitative estimate of drug-likeness (QED) is 0.450. The summed E-state index contributed by atoms with van der Waals surface area (Å²) in [5, 5.41) is 11.3. The summed E-state index contributed by atoms with van der Waals surface area (Å²) in [5.41, 5.74) is 7.58. The van der Waals surface area contributed by atoms with Gasteiger partial charge in [0.25, 0.3) is 0 Å². The molecule has 26 heavy (non-hydrogen) atoms. The smallest absolute Gasteiger partial charge is 0.249 e. The Balaban J connectivity index is 2.19. The van der Waals surface area contributed by atoms with E-state index < -0.39 is 11.8 Å². The molecule has 5 nitrogen and oxygen atoms in total. The van der Waals surface area contributed by atoms with Crippen LogP contribution in [0, 0.1) is 14.9 Å². The molecule has 0 saturated carbocycles. The van der Waals surface area contributed by atoms with Crippen molar-refractivity contribution in [3.8, 4) is 6.07 Å². The molecule has 7 heteroatoms. The minimum atomic E-state index is -0.568. The molecule has 1 atom stereocenters. The average molecular weight is 479 g/mol. The van der Waals surface area contributed by atoms with Crippen molar-refractivity contribution in [3.63, 3.8) is 0 Å². The van der Waals surface area contributed by atoms with E-state index in [0.717, 1.165) is 5.75 Å². The van der Waals surface area contributed by atoms with Gasteiger partial charge in [0.1, 0.15) is 6.54 Å². The van der Waals surface area contributed by atoms with Crippen LogP contribution < -0.4 is 11.1 Å². The third-order valence-electron chi connectivity index (χ3n) is 3.76. The van der Waals surface area contributed by atoms with Crippen LogP contribution in [0.5, 0.6) is 0 Å². The molecule has 0 aromatic heterocycles. The van der Waals surface area contributed by atoms with Crippen LogP contribution in [-0.2, 0) is 10.5 Å². The summed E-state index contributed by atoms with van der Waals surface area (Å²) in [5.74, 6) is -0.179. The number of hydrogen-bond acceptors (Lipinski definition) is 4. The van der Waals surface area contributed by atoms with Crippen molar-refractivity contribution in [2.24, 2.45) is 5.73 Å². The van der Waals surface area contributed by atoms with Gasteiger partial charge in [-0.15, -0.1) is 0 Å². The zero-order chi connectivity index (χ0) is 18.9. The van der Waals surface area contributed by atoms with Gasteiger partial charge in [0, 0.05) is 20.6 Å². The molecule has 0 heterocycles. The highest BCUT2D eigenvalue weighted by atomic mass is 127. The van der Waals surface area contributed by atoms with Gasteiger partial charge in [-0.3, -0.25) is 9.59 Å². The zero-order valence-corrected chi connectivity index (χ0v) is 16.9. The maximum Gasteiger partial charge on any atom is 0.249 e. The van der Waals surface area contributed by atoms with Crippen molar-refractivity contribution in [2.75, 3.05) is 12.3 Å². The van der Waals surface area contributed by atoms with Crippen molar-refractivity contribution < 1.29 is 9.59 Å². The van der Waals surface area contributed by atoms with E-state index in [2.05, 4.69) is 34.0 Å². The number of nitrogens with zero attached hydrogens (tertiary/aromatic N) is 1. The van der Waals surface area contributed by atoms with Crippen LogP contribution in [0.4, 0.5) is 0 Å². The van der Waals surface area contributed by atoms with E-state index in [-0.39, 0.29) is 12.5 Å². The molecular weight excluding hydrogens is 461 g/mol. The van der Waals surface area contributed by atoms with Crippen molar-refractivity contribution in [3.05, 3.63) is 68.8 Å². The van der Waals surface area contributed by atoms with Gasteiger partial charge in [-0.25, -0.2) is 0 Å². The Morgan fingerprint density at radius 1 is 1.19 bits per heavy atom. The minimum absolute atomic E-state index is 0.0741. The second-order valence-corrected chi connectivity index (χ2v) is 7.68. The monoisotopic (exact) mass is 479 g/mol. The van der Waals surface area contributed by atoms with Gasteiger partial charge in [-0.1, -0.05) is 36.4 Å². The van der Waals surface area contributed by atoms with Crippen LogP contribution in [0.2, 0.25) is 0 Å². The normalized spacial score (nSPS) is 11.4. The van der Waals surface area contributed by atoms with Crippen LogP contribution in [-0.4, -0.2) is 24.1 Å². The first kappa shape index (κ1) is 20.3. The first-order valence-electron chi connectivity index (χ1n) is 7.89. The molecule has 0 bridgehead atoms. The van der Waals surface area contributed by atoms with E-state index in [1.165, 1.54) is 9.13 Å². The van der Waals surface area contributed by atoms with Gasteiger partial charge >= 0.3 is 0 Å². The summed E-state index contributed by atoms with van der Waals surface area (Å²) < 4.78 is 1.17. The lowest BCUT2D eigenvalue weighted by molar-refractivity contribution is -0.121. The first-order chi connectivity index (χ1) is 12.5. The molecule has 0 fully saturated rings. The van der Waals surface area contributed by atoms with Crippen LogP contribution in [0.1, 0.15) is 27.4 Å². The summed E-state index contributed by atoms with van der Waals surface area (Å²) in [6, 6.07) is 16.8. The van der Waals surface area contributed by atoms with E-state index >= 15 is 0 Å². The predicted octanol–water partition coefficient (Wildman–Crippen LogP) is 3.05. The average Bonchev–Trinajstić information content (AvgIpc) is 2.64. The molecule has 2 aromatic carbocycles. The number of nitriles is 1. The lowest BCUT2D eigenvalue weighted by Crippen LogP contribution is -2.32. The first-order valence-corrected chi connectivity index (χ1v) is 10.1. The molecule has 2 amide bonds. The minimum Gasteiger partial charge on any atom is -0.366 e. The number of rotatable bonds is 8. The molecular formula is C19H18IN3O2S. The summed E-state index contributed by atoms with van der Waals surface area (Å²) in [6.07, 6.45) is 0. The molecule has 3 N–H and O–H groups in total. The number of carbonyl (C=O) groups is 2. The number of amides is 2. The fourth-order valence-electron chi connectivity index (χ4n) is 2.48. The maximum atomic E-state index is 12.6. The van der Waals surface area contributed by atoms with E-state index in [9.17, 15) is 9.59 Å². The van der Waals surface area contributed by atoms with Gasteiger partial charge in [0.05, 0.1) is 12.0 Å². The summed E-state index contributed by atoms with van der Waals surface area (Å²) >= 11 is 3.89. The van der Waals surface area contributed by atoms with Crippen molar-refractivity contribution in [2.45, 2.75) is 11.7 Å². The molecule has 0 radical (unpaired) electrons. The number of nitrogens with two attached hydrogens (primary N) is 1. The Morgan fingerprint density at radius 2 is 1.88 bits per heavy atom. The third kappa shape index (κ3) is 5.47. The van der Waals surface area contributed by atoms with E-state index in [4.69, 9.17) is 11.0 Å². The Bertz CT molecular complexity index is 836. The number of benzene rings is 2. The van der Waals surface area contributed by atoms with Crippen molar-refractivity contribution in [1.82, 2.24) is 5.32 Å². The Hall–Kier alpha value is -2.05. The van der Waals surface area contributed by atoms with E-state index in [1.54, 1.807) is 36.0 Å². The number of halogens is 1. The predicted molar refractivity (Wildman–Crippen MR) is 112 cm³/mol. The van der Waals surface area contributed by atoms with Gasteiger partial charge in [-0.05, 0) is 45.9 Å². The number of thioether (sulfide) groups is 1. The summed E-state index contributed by atoms with van der Waals surface area (Å²) in [7, 11) is 0. The topological polar surface area (TPSA) is 96.0 Å². The lowest BCUT2D eigenvalue weighted by atomic mass is 9.94. The second kappa shape index (κ2) is 10.2. The maximum absolute atomic E-state index is 12.6. The zero-order valence-electron chi connectivity index (χ0n) is 13.9. The molecule has 0 saturated heterocycles. The standard InChI is InChI=1S/C19H18IN3O2S/c20-17-8-4-1-5-13(17)11-26-12-16(19(25)23-10-9-21)14-6-2-3-7-15(14)18(22)24/h1-8,16H,10-12H2,(H2,22,24)(H,23,25). The Labute approximate surface area is 170 Å². The summed E-state index contributed by atoms with van der Waals surface area (Å²) in [6.45, 7) is -0.0741. The van der Waals surface area contributed by atoms with Crippen LogP contribution in [0.3, 0.4) is 0 Å². The van der Waals surface area contributed by atoms with Gasteiger partial charge in [0.15, 0.2) is 0 Å². The molecule has 2 aromatic rings. The van der Waals surface area contributed by atoms with Crippen LogP contribution in [0.15, 0.2) is 48.5 Å².